The third-order valence-corrected chi connectivity index (χ3v) is 10.7. The Hall–Kier alpha value is -5.20. The molecule has 0 aliphatic carbocycles. The van der Waals surface area contributed by atoms with Gasteiger partial charge in [-0.3, -0.25) is 18.8 Å². The van der Waals surface area contributed by atoms with Crippen LogP contribution in [0.15, 0.2) is 82.1 Å². The molecule has 1 amide bonds. The van der Waals surface area contributed by atoms with Crippen LogP contribution in [0.4, 0.5) is 28.2 Å². The Balaban J connectivity index is 1.57. The van der Waals surface area contributed by atoms with Crippen LogP contribution >= 0.6 is 27.5 Å². The average Bonchev–Trinajstić information content (AvgIpc) is 3.46. The molecule has 0 unspecified atom stereocenters. The molecule has 2 heterocycles. The highest BCUT2D eigenvalue weighted by Crippen LogP contribution is 2.37. The molecule has 0 bridgehead atoms. The van der Waals surface area contributed by atoms with Gasteiger partial charge in [-0.1, -0.05) is 39.7 Å². The summed E-state index contributed by atoms with van der Waals surface area (Å²) in [5, 5.41) is 6.73. The number of carbonyl (C=O) groups excluding carboxylic acids is 1. The Morgan fingerprint density at radius 1 is 0.983 bits per heavy atom. The molecule has 306 valence electrons. The van der Waals surface area contributed by atoms with Crippen molar-refractivity contribution in [1.82, 2.24) is 24.6 Å². The number of sulfonamides is 1. The van der Waals surface area contributed by atoms with Gasteiger partial charge in [-0.15, -0.1) is 0 Å². The Morgan fingerprint density at radius 2 is 1.67 bits per heavy atom. The molecule has 2 N–H and O–H groups in total. The molecule has 0 aliphatic rings. The average molecular weight is 908 g/mol. The van der Waals surface area contributed by atoms with Crippen molar-refractivity contribution in [2.75, 3.05) is 17.6 Å². The van der Waals surface area contributed by atoms with Crippen LogP contribution in [0.1, 0.15) is 43.8 Å². The summed E-state index contributed by atoms with van der Waals surface area (Å²) in [5.41, 5.74) is -1.18. The second-order valence-electron chi connectivity index (χ2n) is 14.2. The molecular formula is C39H36BrClF4N6O6S. The van der Waals surface area contributed by atoms with Crippen molar-refractivity contribution in [3.8, 4) is 11.4 Å². The molecule has 4 aromatic carbocycles. The molecule has 0 aliphatic heterocycles. The minimum absolute atomic E-state index is 0.0576. The Bertz CT molecular complexity index is 2670. The van der Waals surface area contributed by atoms with Crippen molar-refractivity contribution < 1.29 is 40.2 Å². The number of benzene rings is 4. The predicted octanol–water partition coefficient (Wildman–Crippen LogP) is 8.50. The highest BCUT2D eigenvalue weighted by molar-refractivity contribution is 9.10. The SMILES string of the molecule is COc1ccc(CCS(=O)(=O)Nc2nn(CC(F)F)c3c(-n4c([C@H](Cc5cc(F)cc(F)c5)NC(=O)OC(C)(C)C)nc5cc(Br)ccc5c4=O)ccc(Cl)c23)cc1. The highest BCUT2D eigenvalue weighted by Gasteiger charge is 2.30. The van der Waals surface area contributed by atoms with E-state index in [1.807, 2.05) is 0 Å². The van der Waals surface area contributed by atoms with Crippen molar-refractivity contribution >= 4 is 71.3 Å². The maximum absolute atomic E-state index is 14.7. The first-order valence-electron chi connectivity index (χ1n) is 17.6. The molecule has 58 heavy (non-hydrogen) atoms. The summed E-state index contributed by atoms with van der Waals surface area (Å²) < 4.78 is 99.9. The van der Waals surface area contributed by atoms with Gasteiger partial charge >= 0.3 is 6.09 Å². The summed E-state index contributed by atoms with van der Waals surface area (Å²) in [6, 6.07) is 15.4. The molecule has 0 saturated heterocycles. The van der Waals surface area contributed by atoms with E-state index in [0.29, 0.717) is 21.9 Å². The standard InChI is InChI=1S/C39H36BrClF4N6O6S/c1-39(2,3)57-38(53)47-30(17-22-15-24(42)19-25(43)16-22)36-46-29-18-23(40)7-10-27(29)37(52)51(36)31-12-11-28(41)33-34(31)50(20-32(44)45)48-35(33)49-58(54,55)14-13-21-5-8-26(56-4)9-6-21/h5-12,15-16,18-19,30,32H,13-14,17,20H2,1-4H3,(H,47,53)(H,48,49)/t30-/m0/s1. The zero-order chi connectivity index (χ0) is 42.1. The number of amides is 1. The van der Waals surface area contributed by atoms with Crippen LogP contribution in [0, 0.1) is 11.6 Å². The number of carbonyl (C=O) groups is 1. The number of aryl methyl sites for hydroxylation is 1. The normalized spacial score (nSPS) is 12.6. The fraction of sp³-hybridized carbons (Fsp3) is 0.282. The lowest BCUT2D eigenvalue weighted by Gasteiger charge is -2.26. The first-order chi connectivity index (χ1) is 27.3. The molecule has 2 aromatic heterocycles. The van der Waals surface area contributed by atoms with E-state index in [4.69, 9.17) is 26.1 Å². The molecule has 6 aromatic rings. The van der Waals surface area contributed by atoms with Crippen LogP contribution < -0.4 is 20.3 Å². The van der Waals surface area contributed by atoms with E-state index in [0.717, 1.165) is 21.4 Å². The van der Waals surface area contributed by atoms with Gasteiger partial charge in [0.25, 0.3) is 12.0 Å². The number of alkyl carbamates (subject to hydrolysis) is 1. The number of fused-ring (bicyclic) bond motifs is 2. The van der Waals surface area contributed by atoms with Gasteiger partial charge in [-0.25, -0.2) is 35.8 Å². The molecule has 19 heteroatoms. The van der Waals surface area contributed by atoms with E-state index in [1.54, 1.807) is 51.1 Å². The lowest BCUT2D eigenvalue weighted by Crippen LogP contribution is -2.39. The van der Waals surface area contributed by atoms with Gasteiger partial charge in [0.15, 0.2) is 5.82 Å². The molecular weight excluding hydrogens is 872 g/mol. The number of anilines is 1. The van der Waals surface area contributed by atoms with Gasteiger partial charge in [0.1, 0.15) is 35.4 Å². The molecule has 0 radical (unpaired) electrons. The van der Waals surface area contributed by atoms with Crippen molar-refractivity contribution in [2.45, 2.75) is 58.2 Å². The van der Waals surface area contributed by atoms with Gasteiger partial charge in [-0.05, 0) is 92.9 Å². The van der Waals surface area contributed by atoms with E-state index in [9.17, 15) is 35.6 Å². The number of hydrogen-bond acceptors (Lipinski definition) is 8. The lowest BCUT2D eigenvalue weighted by atomic mass is 10.0. The Labute approximate surface area is 343 Å². The maximum Gasteiger partial charge on any atom is 0.408 e. The summed E-state index contributed by atoms with van der Waals surface area (Å²) in [6.07, 6.45) is -4.25. The fourth-order valence-corrected chi connectivity index (χ4v) is 7.92. The molecule has 12 nitrogen and oxygen atoms in total. The van der Waals surface area contributed by atoms with E-state index in [2.05, 4.69) is 31.1 Å². The smallest absolute Gasteiger partial charge is 0.408 e. The second-order valence-corrected chi connectivity index (χ2v) is 17.3. The summed E-state index contributed by atoms with van der Waals surface area (Å²) in [7, 11) is -2.69. The second kappa shape index (κ2) is 17.0. The molecule has 0 spiro atoms. The third kappa shape index (κ3) is 9.90. The zero-order valence-electron chi connectivity index (χ0n) is 31.3. The topological polar surface area (TPSA) is 146 Å². The van der Waals surface area contributed by atoms with Gasteiger partial charge in [0.2, 0.25) is 10.0 Å². The Kier molecular flexibility index (Phi) is 12.4. The van der Waals surface area contributed by atoms with Gasteiger partial charge in [0.05, 0.1) is 51.4 Å². The Morgan fingerprint density at radius 3 is 2.31 bits per heavy atom. The van der Waals surface area contributed by atoms with E-state index < -0.39 is 63.7 Å². The number of hydrogen-bond donors (Lipinski definition) is 2. The van der Waals surface area contributed by atoms with E-state index in [1.165, 1.54) is 31.4 Å². The van der Waals surface area contributed by atoms with Crippen LogP contribution in [0.5, 0.6) is 5.75 Å². The van der Waals surface area contributed by atoms with Crippen molar-refractivity contribution in [1.29, 1.82) is 0 Å². The summed E-state index contributed by atoms with van der Waals surface area (Å²) in [6.45, 7) is 3.79. The molecule has 0 fully saturated rings. The first kappa shape index (κ1) is 42.4. The largest absolute Gasteiger partial charge is 0.497 e. The summed E-state index contributed by atoms with van der Waals surface area (Å²) in [4.78, 5) is 32.8. The minimum Gasteiger partial charge on any atom is -0.497 e. The summed E-state index contributed by atoms with van der Waals surface area (Å²) in [5.74, 6) is -2.25. The molecule has 6 rings (SSSR count). The quantitative estimate of drug-likeness (QED) is 0.110. The number of halogens is 6. The predicted molar refractivity (Wildman–Crippen MR) is 216 cm³/mol. The monoisotopic (exact) mass is 906 g/mol. The zero-order valence-corrected chi connectivity index (χ0v) is 34.5. The van der Waals surface area contributed by atoms with Crippen LogP contribution in [0.2, 0.25) is 5.02 Å². The molecule has 1 atom stereocenters. The first-order valence-corrected chi connectivity index (χ1v) is 20.4. The van der Waals surface area contributed by atoms with E-state index in [-0.39, 0.29) is 62.6 Å². The van der Waals surface area contributed by atoms with Crippen LogP contribution in [0.3, 0.4) is 0 Å². The minimum atomic E-state index is -4.19. The number of nitrogens with zero attached hydrogens (tertiary/aromatic N) is 4. The van der Waals surface area contributed by atoms with Crippen molar-refractivity contribution in [3.05, 3.63) is 121 Å². The molecule has 0 saturated carbocycles. The van der Waals surface area contributed by atoms with Gasteiger partial charge in [0, 0.05) is 17.0 Å². The third-order valence-electron chi connectivity index (χ3n) is 8.67. The lowest BCUT2D eigenvalue weighted by molar-refractivity contribution is 0.0500. The summed E-state index contributed by atoms with van der Waals surface area (Å²) >= 11 is 10.1. The van der Waals surface area contributed by atoms with Gasteiger partial charge < -0.3 is 14.8 Å². The van der Waals surface area contributed by atoms with Crippen LogP contribution in [-0.4, -0.2) is 58.7 Å². The fourth-order valence-electron chi connectivity index (χ4n) is 6.28. The van der Waals surface area contributed by atoms with Crippen molar-refractivity contribution in [2.24, 2.45) is 0 Å². The number of methoxy groups -OCH3 is 1. The van der Waals surface area contributed by atoms with Crippen LogP contribution in [0.25, 0.3) is 27.5 Å². The number of alkyl halides is 2. The van der Waals surface area contributed by atoms with E-state index >= 15 is 0 Å². The number of ether oxygens (including phenoxy) is 2. The number of rotatable bonds is 13. The maximum atomic E-state index is 14.7. The highest BCUT2D eigenvalue weighted by atomic mass is 79.9. The van der Waals surface area contributed by atoms with Gasteiger partial charge in [-0.2, -0.15) is 5.10 Å². The van der Waals surface area contributed by atoms with Crippen LogP contribution in [-0.2, 0) is 34.1 Å². The number of aromatic nitrogens is 4. The number of nitrogens with one attached hydrogen (secondary N) is 2. The van der Waals surface area contributed by atoms with Crippen molar-refractivity contribution in [3.63, 3.8) is 0 Å².